The molecule has 0 saturated carbocycles. The van der Waals surface area contributed by atoms with E-state index in [9.17, 15) is 9.18 Å². The van der Waals surface area contributed by atoms with Crippen molar-refractivity contribution in [2.24, 2.45) is 0 Å². The molecule has 1 atom stereocenters. The quantitative estimate of drug-likeness (QED) is 0.357. The lowest BCUT2D eigenvalue weighted by molar-refractivity contribution is 0.0780. The molecule has 3 aromatic rings. The standard InChI is InChI=1S/C30H32Cl2FN3O/c1-35(29(37)21-5-3-2-4-6-21)19-23(22-7-9-26(31)27(32)17-22)11-14-36-15-12-30(13-16-36)20-34-28-10-8-24(33)18-25(28)30/h2-10,17-18,23,34H,11-16,19-20H2,1H3. The molecule has 0 aromatic heterocycles. The number of carbonyl (C=O) groups excluding carboxylic acids is 1. The topological polar surface area (TPSA) is 35.6 Å². The van der Waals surface area contributed by atoms with E-state index in [-0.39, 0.29) is 23.1 Å². The molecule has 1 saturated heterocycles. The highest BCUT2D eigenvalue weighted by molar-refractivity contribution is 6.42. The zero-order valence-corrected chi connectivity index (χ0v) is 22.5. The summed E-state index contributed by atoms with van der Waals surface area (Å²) in [6, 6.07) is 20.2. The molecule has 1 amide bonds. The lowest BCUT2D eigenvalue weighted by Gasteiger charge is -2.40. The smallest absolute Gasteiger partial charge is 0.253 e. The van der Waals surface area contributed by atoms with Gasteiger partial charge >= 0.3 is 0 Å². The number of halogens is 3. The van der Waals surface area contributed by atoms with E-state index in [2.05, 4.69) is 10.2 Å². The first-order chi connectivity index (χ1) is 17.8. The Hall–Kier alpha value is -2.60. The molecule has 2 heterocycles. The number of benzene rings is 3. The third-order valence-electron chi connectivity index (χ3n) is 8.05. The number of fused-ring (bicyclic) bond motifs is 2. The number of hydrogen-bond donors (Lipinski definition) is 1. The number of anilines is 1. The van der Waals surface area contributed by atoms with Crippen molar-refractivity contribution in [3.63, 3.8) is 0 Å². The zero-order valence-electron chi connectivity index (χ0n) is 21.0. The van der Waals surface area contributed by atoms with Crippen molar-refractivity contribution in [1.29, 1.82) is 0 Å². The Morgan fingerprint density at radius 2 is 1.81 bits per heavy atom. The van der Waals surface area contributed by atoms with Crippen LogP contribution in [0.1, 0.15) is 46.7 Å². The van der Waals surface area contributed by atoms with E-state index in [1.807, 2.05) is 61.6 Å². The van der Waals surface area contributed by atoms with Crippen LogP contribution in [0, 0.1) is 5.82 Å². The number of nitrogens with one attached hydrogen (secondary N) is 1. The largest absolute Gasteiger partial charge is 0.384 e. The number of carbonyl (C=O) groups is 1. The number of nitrogens with zero attached hydrogens (tertiary/aromatic N) is 2. The van der Waals surface area contributed by atoms with Gasteiger partial charge in [-0.2, -0.15) is 0 Å². The molecule has 1 spiro atoms. The van der Waals surface area contributed by atoms with E-state index in [1.54, 1.807) is 11.0 Å². The minimum absolute atomic E-state index is 0.00482. The molecule has 1 unspecified atom stereocenters. The van der Waals surface area contributed by atoms with Gasteiger partial charge in [0.05, 0.1) is 10.0 Å². The number of rotatable bonds is 7. The fraction of sp³-hybridized carbons (Fsp3) is 0.367. The van der Waals surface area contributed by atoms with Crippen LogP contribution in [-0.4, -0.2) is 55.5 Å². The molecule has 37 heavy (non-hydrogen) atoms. The maximum Gasteiger partial charge on any atom is 0.253 e. The van der Waals surface area contributed by atoms with Crippen molar-refractivity contribution in [3.05, 3.63) is 99.3 Å². The highest BCUT2D eigenvalue weighted by Gasteiger charge is 2.41. The molecule has 0 aliphatic carbocycles. The second-order valence-electron chi connectivity index (χ2n) is 10.4. The maximum absolute atomic E-state index is 14.0. The van der Waals surface area contributed by atoms with Crippen LogP contribution in [0.25, 0.3) is 0 Å². The van der Waals surface area contributed by atoms with Gasteiger partial charge in [-0.1, -0.05) is 47.5 Å². The van der Waals surface area contributed by atoms with Crippen LogP contribution in [0.5, 0.6) is 0 Å². The van der Waals surface area contributed by atoms with E-state index < -0.39 is 0 Å². The summed E-state index contributed by atoms with van der Waals surface area (Å²) in [6.45, 7) is 4.30. The monoisotopic (exact) mass is 539 g/mol. The number of likely N-dealkylation sites (tertiary alicyclic amines) is 1. The highest BCUT2D eigenvalue weighted by Crippen LogP contribution is 2.44. The molecule has 2 aliphatic heterocycles. The maximum atomic E-state index is 14.0. The van der Waals surface area contributed by atoms with Gasteiger partial charge in [0, 0.05) is 42.7 Å². The Bertz CT molecular complexity index is 1260. The van der Waals surface area contributed by atoms with Gasteiger partial charge in [0.25, 0.3) is 5.91 Å². The predicted octanol–water partition coefficient (Wildman–Crippen LogP) is 6.84. The van der Waals surface area contributed by atoms with E-state index >= 15 is 0 Å². The van der Waals surface area contributed by atoms with Gasteiger partial charge in [-0.3, -0.25) is 4.79 Å². The van der Waals surface area contributed by atoms with Gasteiger partial charge in [-0.25, -0.2) is 4.39 Å². The molecule has 4 nitrogen and oxygen atoms in total. The van der Waals surface area contributed by atoms with Crippen molar-refractivity contribution in [2.45, 2.75) is 30.6 Å². The van der Waals surface area contributed by atoms with Gasteiger partial charge < -0.3 is 15.1 Å². The van der Waals surface area contributed by atoms with Crippen LogP contribution in [0.15, 0.2) is 66.7 Å². The van der Waals surface area contributed by atoms with Gasteiger partial charge in [-0.15, -0.1) is 0 Å². The van der Waals surface area contributed by atoms with Crippen LogP contribution in [0.2, 0.25) is 10.0 Å². The Morgan fingerprint density at radius 1 is 1.05 bits per heavy atom. The number of hydrogen-bond acceptors (Lipinski definition) is 3. The van der Waals surface area contributed by atoms with Gasteiger partial charge in [0.2, 0.25) is 0 Å². The molecular weight excluding hydrogens is 508 g/mol. The summed E-state index contributed by atoms with van der Waals surface area (Å²) in [5, 5.41) is 4.54. The van der Waals surface area contributed by atoms with Crippen molar-refractivity contribution in [2.75, 3.05) is 45.1 Å². The Balaban J connectivity index is 1.26. The summed E-state index contributed by atoms with van der Waals surface area (Å²) in [4.78, 5) is 17.3. The van der Waals surface area contributed by atoms with Gasteiger partial charge in [-0.05, 0) is 92.5 Å². The fourth-order valence-electron chi connectivity index (χ4n) is 5.80. The van der Waals surface area contributed by atoms with Crippen LogP contribution in [0.4, 0.5) is 10.1 Å². The van der Waals surface area contributed by atoms with E-state index in [4.69, 9.17) is 23.2 Å². The second-order valence-corrected chi connectivity index (χ2v) is 11.2. The minimum atomic E-state index is -0.164. The highest BCUT2D eigenvalue weighted by atomic mass is 35.5. The van der Waals surface area contributed by atoms with Crippen molar-refractivity contribution in [3.8, 4) is 0 Å². The molecule has 1 fully saturated rings. The van der Waals surface area contributed by atoms with Crippen molar-refractivity contribution >= 4 is 34.8 Å². The van der Waals surface area contributed by atoms with Gasteiger partial charge in [0.15, 0.2) is 0 Å². The van der Waals surface area contributed by atoms with Crippen LogP contribution in [-0.2, 0) is 5.41 Å². The molecule has 194 valence electrons. The lowest BCUT2D eigenvalue weighted by atomic mass is 9.74. The molecule has 3 aromatic carbocycles. The minimum Gasteiger partial charge on any atom is -0.384 e. The SMILES string of the molecule is CN(CC(CCN1CCC2(CC1)CNc1ccc(F)cc12)c1ccc(Cl)c(Cl)c1)C(=O)c1ccccc1. The predicted molar refractivity (Wildman–Crippen MR) is 149 cm³/mol. The number of likely N-dealkylation sites (N-methyl/N-ethyl adjacent to an activating group) is 1. The summed E-state index contributed by atoms with van der Waals surface area (Å²) >= 11 is 12.6. The first-order valence-electron chi connectivity index (χ1n) is 12.9. The molecule has 0 bridgehead atoms. The molecule has 1 N–H and O–H groups in total. The van der Waals surface area contributed by atoms with Crippen LogP contribution in [0.3, 0.4) is 0 Å². The van der Waals surface area contributed by atoms with E-state index in [1.165, 1.54) is 6.07 Å². The first-order valence-corrected chi connectivity index (χ1v) is 13.6. The van der Waals surface area contributed by atoms with E-state index in [0.29, 0.717) is 22.2 Å². The van der Waals surface area contributed by atoms with Gasteiger partial charge in [0.1, 0.15) is 5.82 Å². The summed E-state index contributed by atoms with van der Waals surface area (Å²) in [7, 11) is 1.86. The molecule has 0 radical (unpaired) electrons. The Kier molecular flexibility index (Phi) is 7.75. The number of piperidine rings is 1. The first kappa shape index (κ1) is 26.0. The van der Waals surface area contributed by atoms with Crippen molar-refractivity contribution < 1.29 is 9.18 Å². The van der Waals surface area contributed by atoms with E-state index in [0.717, 1.165) is 62.3 Å². The normalized spacial score (nSPS) is 17.3. The number of amides is 1. The Labute approximate surface area is 228 Å². The summed E-state index contributed by atoms with van der Waals surface area (Å²) in [5.74, 6) is -0.0422. The average Bonchev–Trinajstić information content (AvgIpc) is 3.26. The van der Waals surface area contributed by atoms with Crippen LogP contribution < -0.4 is 5.32 Å². The molecular formula is C30H32Cl2FN3O. The van der Waals surface area contributed by atoms with Crippen molar-refractivity contribution in [1.82, 2.24) is 9.80 Å². The lowest BCUT2D eigenvalue weighted by Crippen LogP contribution is -2.44. The third kappa shape index (κ3) is 5.64. The summed E-state index contributed by atoms with van der Waals surface area (Å²) < 4.78 is 14.0. The third-order valence-corrected chi connectivity index (χ3v) is 8.79. The molecule has 2 aliphatic rings. The summed E-state index contributed by atoms with van der Waals surface area (Å²) in [5.41, 5.74) is 3.97. The Morgan fingerprint density at radius 3 is 2.54 bits per heavy atom. The average molecular weight is 541 g/mol. The fourth-order valence-corrected chi connectivity index (χ4v) is 6.11. The molecule has 7 heteroatoms. The van der Waals surface area contributed by atoms with Crippen LogP contribution >= 0.6 is 23.2 Å². The summed E-state index contributed by atoms with van der Waals surface area (Å²) in [6.07, 6.45) is 2.89. The molecule has 5 rings (SSSR count). The second kappa shape index (κ2) is 11.0. The zero-order chi connectivity index (χ0) is 26.0.